The number of fused-ring (bicyclic) bond motifs is 3. The van der Waals surface area contributed by atoms with Crippen LogP contribution in [0.15, 0.2) is 0 Å². The summed E-state index contributed by atoms with van der Waals surface area (Å²) >= 11 is 0. The highest BCUT2D eigenvalue weighted by Gasteiger charge is 2.74. The van der Waals surface area contributed by atoms with Gasteiger partial charge in [0.15, 0.2) is 0 Å². The topological polar surface area (TPSA) is 12.5 Å². The lowest BCUT2D eigenvalue weighted by Crippen LogP contribution is -2.43. The summed E-state index contributed by atoms with van der Waals surface area (Å²) in [5.41, 5.74) is 1.33. The highest BCUT2D eigenvalue weighted by Crippen LogP contribution is 2.73. The fourth-order valence-corrected chi connectivity index (χ4v) is 3.90. The van der Waals surface area contributed by atoms with Crippen LogP contribution in [0.1, 0.15) is 40.0 Å². The Morgan fingerprint density at radius 3 is 2.25 bits per heavy atom. The molecule has 0 aromatic rings. The average Bonchev–Trinajstić information content (AvgIpc) is 2.67. The second-order valence-electron chi connectivity index (χ2n) is 5.80. The molecule has 1 aliphatic heterocycles. The smallest absolute Gasteiger partial charge is 0.1000 e. The SMILES string of the molecule is CC1(C)[C@]2(C)CC[C@@H](C2)[C@]12CO2. The third kappa shape index (κ3) is 0.501. The molecule has 3 fully saturated rings. The highest BCUT2D eigenvalue weighted by molar-refractivity contribution is 5.23. The van der Waals surface area contributed by atoms with Crippen molar-refractivity contribution in [2.75, 3.05) is 6.61 Å². The minimum atomic E-state index is 0.319. The summed E-state index contributed by atoms with van der Waals surface area (Å²) in [5, 5.41) is 0. The van der Waals surface area contributed by atoms with Crippen LogP contribution in [0.3, 0.4) is 0 Å². The van der Waals surface area contributed by atoms with Gasteiger partial charge < -0.3 is 4.74 Å². The van der Waals surface area contributed by atoms with Gasteiger partial charge in [0.1, 0.15) is 0 Å². The minimum absolute atomic E-state index is 0.319. The van der Waals surface area contributed by atoms with Crippen LogP contribution in [0.2, 0.25) is 0 Å². The first-order chi connectivity index (χ1) is 5.52. The van der Waals surface area contributed by atoms with Gasteiger partial charge in [0.2, 0.25) is 0 Å². The first-order valence-electron chi connectivity index (χ1n) is 5.16. The molecule has 0 amide bonds. The largest absolute Gasteiger partial charge is 0.369 e. The van der Waals surface area contributed by atoms with Gasteiger partial charge >= 0.3 is 0 Å². The molecular weight excluding hydrogens is 148 g/mol. The quantitative estimate of drug-likeness (QED) is 0.504. The fourth-order valence-electron chi connectivity index (χ4n) is 3.90. The molecule has 3 aliphatic rings. The number of hydrogen-bond donors (Lipinski definition) is 0. The lowest BCUT2D eigenvalue weighted by atomic mass is 9.61. The van der Waals surface area contributed by atoms with Gasteiger partial charge in [-0.1, -0.05) is 20.8 Å². The molecule has 2 aliphatic carbocycles. The molecule has 0 N–H and O–H groups in total. The first-order valence-corrected chi connectivity index (χ1v) is 5.16. The van der Waals surface area contributed by atoms with E-state index in [4.69, 9.17) is 4.74 Å². The lowest BCUT2D eigenvalue weighted by molar-refractivity contribution is 0.0212. The van der Waals surface area contributed by atoms with Crippen molar-refractivity contribution < 1.29 is 4.74 Å². The van der Waals surface area contributed by atoms with Gasteiger partial charge in [0.25, 0.3) is 0 Å². The molecule has 1 spiro atoms. The van der Waals surface area contributed by atoms with Gasteiger partial charge in [-0.2, -0.15) is 0 Å². The van der Waals surface area contributed by atoms with Crippen molar-refractivity contribution in [2.45, 2.75) is 45.6 Å². The predicted octanol–water partition coefficient (Wildman–Crippen LogP) is 2.60. The van der Waals surface area contributed by atoms with Crippen LogP contribution in [-0.4, -0.2) is 12.2 Å². The molecule has 1 nitrogen and oxygen atoms in total. The van der Waals surface area contributed by atoms with Crippen LogP contribution < -0.4 is 0 Å². The van der Waals surface area contributed by atoms with E-state index in [-0.39, 0.29) is 0 Å². The summed E-state index contributed by atoms with van der Waals surface area (Å²) in [6.45, 7) is 8.34. The molecule has 12 heavy (non-hydrogen) atoms. The van der Waals surface area contributed by atoms with Crippen LogP contribution in [0.4, 0.5) is 0 Å². The average molecular weight is 166 g/mol. The maximum atomic E-state index is 5.77. The molecular formula is C11H18O. The van der Waals surface area contributed by atoms with Crippen LogP contribution in [0, 0.1) is 16.7 Å². The number of hydrogen-bond acceptors (Lipinski definition) is 1. The third-order valence-corrected chi connectivity index (χ3v) is 5.42. The van der Waals surface area contributed by atoms with E-state index in [1.807, 2.05) is 0 Å². The Morgan fingerprint density at radius 1 is 1.25 bits per heavy atom. The van der Waals surface area contributed by atoms with Crippen LogP contribution in [-0.2, 0) is 4.74 Å². The van der Waals surface area contributed by atoms with Crippen molar-refractivity contribution in [3.63, 3.8) is 0 Å². The normalized spacial score (nSPS) is 59.8. The standard InChI is InChI=1S/C11H18O/c1-9(2)10(3)5-4-8(6-10)11(9)7-12-11/h8H,4-7H2,1-3H3/t8-,10+,11+/m0/s1. The molecule has 1 saturated heterocycles. The summed E-state index contributed by atoms with van der Waals surface area (Å²) in [5.74, 6) is 0.887. The molecule has 2 bridgehead atoms. The Morgan fingerprint density at radius 2 is 1.92 bits per heavy atom. The second-order valence-corrected chi connectivity index (χ2v) is 5.80. The Labute approximate surface area is 74.5 Å². The van der Waals surface area contributed by atoms with Gasteiger partial charge in [-0.05, 0) is 30.6 Å². The van der Waals surface area contributed by atoms with Gasteiger partial charge in [-0.3, -0.25) is 0 Å². The number of ether oxygens (including phenoxy) is 1. The minimum Gasteiger partial charge on any atom is -0.369 e. The van der Waals surface area contributed by atoms with E-state index in [1.165, 1.54) is 19.3 Å². The molecule has 0 radical (unpaired) electrons. The van der Waals surface area contributed by atoms with E-state index in [1.54, 1.807) is 0 Å². The summed E-state index contributed by atoms with van der Waals surface area (Å²) in [4.78, 5) is 0. The zero-order valence-corrected chi connectivity index (χ0v) is 8.31. The Bertz CT molecular complexity index is 235. The molecule has 0 unspecified atom stereocenters. The van der Waals surface area contributed by atoms with Gasteiger partial charge in [-0.15, -0.1) is 0 Å². The van der Waals surface area contributed by atoms with Crippen molar-refractivity contribution in [1.82, 2.24) is 0 Å². The van der Waals surface area contributed by atoms with E-state index >= 15 is 0 Å². The second kappa shape index (κ2) is 1.61. The maximum Gasteiger partial charge on any atom is 0.1000 e. The predicted molar refractivity (Wildman–Crippen MR) is 47.9 cm³/mol. The third-order valence-electron chi connectivity index (χ3n) is 5.42. The Kier molecular flexibility index (Phi) is 0.991. The van der Waals surface area contributed by atoms with Crippen molar-refractivity contribution in [3.05, 3.63) is 0 Å². The van der Waals surface area contributed by atoms with Gasteiger partial charge in [0.05, 0.1) is 12.2 Å². The fraction of sp³-hybridized carbons (Fsp3) is 1.00. The summed E-state index contributed by atoms with van der Waals surface area (Å²) in [7, 11) is 0. The monoisotopic (exact) mass is 166 g/mol. The van der Waals surface area contributed by atoms with Crippen molar-refractivity contribution in [2.24, 2.45) is 16.7 Å². The maximum absolute atomic E-state index is 5.77. The van der Waals surface area contributed by atoms with Crippen molar-refractivity contribution >= 4 is 0 Å². The molecule has 1 heteroatoms. The summed E-state index contributed by atoms with van der Waals surface area (Å²) < 4.78 is 5.77. The first kappa shape index (κ1) is 7.37. The van der Waals surface area contributed by atoms with Gasteiger partial charge in [-0.25, -0.2) is 0 Å². The van der Waals surface area contributed by atoms with E-state index in [0.29, 0.717) is 16.4 Å². The van der Waals surface area contributed by atoms with Gasteiger partial charge in [0, 0.05) is 5.41 Å². The van der Waals surface area contributed by atoms with E-state index in [0.717, 1.165) is 12.5 Å². The lowest BCUT2D eigenvalue weighted by Gasteiger charge is -2.43. The van der Waals surface area contributed by atoms with Crippen LogP contribution in [0.25, 0.3) is 0 Å². The summed E-state index contributed by atoms with van der Waals surface area (Å²) in [6.07, 6.45) is 4.26. The molecule has 3 atom stereocenters. The molecule has 0 aromatic heterocycles. The number of rotatable bonds is 0. The molecule has 3 rings (SSSR count). The number of epoxide rings is 1. The zero-order valence-electron chi connectivity index (χ0n) is 8.31. The highest BCUT2D eigenvalue weighted by atomic mass is 16.6. The van der Waals surface area contributed by atoms with E-state index in [9.17, 15) is 0 Å². The molecule has 2 saturated carbocycles. The van der Waals surface area contributed by atoms with E-state index < -0.39 is 0 Å². The van der Waals surface area contributed by atoms with E-state index in [2.05, 4.69) is 20.8 Å². The molecule has 68 valence electrons. The molecule has 1 heterocycles. The Balaban J connectivity index is 2.11. The van der Waals surface area contributed by atoms with Crippen LogP contribution >= 0.6 is 0 Å². The van der Waals surface area contributed by atoms with Crippen LogP contribution in [0.5, 0.6) is 0 Å². The van der Waals surface area contributed by atoms with Crippen molar-refractivity contribution in [1.29, 1.82) is 0 Å². The zero-order chi connectivity index (χ0) is 8.61. The Hall–Kier alpha value is -0.0400. The van der Waals surface area contributed by atoms with Crippen molar-refractivity contribution in [3.8, 4) is 0 Å². The summed E-state index contributed by atoms with van der Waals surface area (Å²) in [6, 6.07) is 0. The molecule has 0 aromatic carbocycles.